The van der Waals surface area contributed by atoms with Crippen molar-refractivity contribution in [3.8, 4) is 5.69 Å². The highest BCUT2D eigenvalue weighted by atomic mass is 35.5. The smallest absolute Gasteiger partial charge is 0.296 e. The van der Waals surface area contributed by atoms with Gasteiger partial charge in [-0.2, -0.15) is 0 Å². The molecule has 0 saturated carbocycles. The maximum atomic E-state index is 13.5. The lowest BCUT2D eigenvalue weighted by Gasteiger charge is -2.19. The van der Waals surface area contributed by atoms with Crippen LogP contribution in [0.2, 0.25) is 5.02 Å². The van der Waals surface area contributed by atoms with Crippen LogP contribution in [0.1, 0.15) is 36.3 Å². The zero-order chi connectivity index (χ0) is 24.5. The van der Waals surface area contributed by atoms with E-state index in [1.54, 1.807) is 42.9 Å². The average Bonchev–Trinajstić information content (AvgIpc) is 3.01. The minimum atomic E-state index is -4.16. The molecule has 0 saturated heterocycles. The summed E-state index contributed by atoms with van der Waals surface area (Å²) in [6, 6.07) is 12.8. The van der Waals surface area contributed by atoms with Crippen LogP contribution in [0.4, 0.5) is 5.69 Å². The van der Waals surface area contributed by atoms with Crippen LogP contribution in [0.15, 0.2) is 58.2 Å². The topological polar surface area (TPSA) is 93.4 Å². The van der Waals surface area contributed by atoms with E-state index in [9.17, 15) is 18.0 Å². The number of rotatable bonds is 7. The molecular formula is C23H27ClN4O4S. The number of nitrogens with one attached hydrogen (secondary N) is 1. The second-order valence-corrected chi connectivity index (χ2v) is 10.2. The van der Waals surface area contributed by atoms with Gasteiger partial charge in [-0.3, -0.25) is 18.6 Å². The molecule has 1 heterocycles. The van der Waals surface area contributed by atoms with Gasteiger partial charge in [0, 0.05) is 20.1 Å². The quantitative estimate of drug-likeness (QED) is 0.548. The number of aromatic nitrogens is 2. The van der Waals surface area contributed by atoms with Crippen LogP contribution < -0.4 is 15.2 Å². The van der Waals surface area contributed by atoms with Crippen LogP contribution in [-0.4, -0.2) is 36.8 Å². The molecule has 1 N–H and O–H groups in total. The number of sulfonamides is 1. The van der Waals surface area contributed by atoms with E-state index in [-0.39, 0.29) is 27.2 Å². The predicted molar refractivity (Wildman–Crippen MR) is 130 cm³/mol. The Morgan fingerprint density at radius 3 is 2.42 bits per heavy atom. The van der Waals surface area contributed by atoms with Gasteiger partial charge in [0.1, 0.15) is 5.69 Å². The van der Waals surface area contributed by atoms with Gasteiger partial charge in [0.2, 0.25) is 0 Å². The molecule has 10 heteroatoms. The largest absolute Gasteiger partial charge is 0.350 e. The fraction of sp³-hybridized carbons (Fsp3) is 0.304. The molecule has 3 rings (SSSR count). The Morgan fingerprint density at radius 1 is 1.18 bits per heavy atom. The molecule has 0 radical (unpaired) electrons. The molecule has 176 valence electrons. The molecule has 2 aromatic carbocycles. The highest BCUT2D eigenvalue weighted by Gasteiger charge is 2.29. The lowest BCUT2D eigenvalue weighted by atomic mass is 10.2. The van der Waals surface area contributed by atoms with E-state index in [2.05, 4.69) is 5.32 Å². The third kappa shape index (κ3) is 4.56. The molecule has 0 bridgehead atoms. The number of hydrogen-bond donors (Lipinski definition) is 1. The molecule has 0 fully saturated rings. The Labute approximate surface area is 198 Å². The summed E-state index contributed by atoms with van der Waals surface area (Å²) in [7, 11) is -1.15. The first-order valence-electron chi connectivity index (χ1n) is 10.4. The summed E-state index contributed by atoms with van der Waals surface area (Å²) in [5.41, 5.74) is 0.676. The summed E-state index contributed by atoms with van der Waals surface area (Å²) in [5.74, 6) is -0.462. The van der Waals surface area contributed by atoms with Crippen molar-refractivity contribution in [1.82, 2.24) is 14.7 Å². The Hall–Kier alpha value is -3.04. The number of anilines is 1. The Kier molecular flexibility index (Phi) is 7.04. The van der Waals surface area contributed by atoms with Crippen LogP contribution in [0.5, 0.6) is 0 Å². The second-order valence-electron chi connectivity index (χ2n) is 7.81. The van der Waals surface area contributed by atoms with Crippen LogP contribution in [0.25, 0.3) is 5.69 Å². The Balaban J connectivity index is 2.07. The molecule has 0 aliphatic heterocycles. The highest BCUT2D eigenvalue weighted by molar-refractivity contribution is 7.92. The summed E-state index contributed by atoms with van der Waals surface area (Å²) in [6.07, 6.45) is 0.713. The fourth-order valence-electron chi connectivity index (χ4n) is 3.44. The molecule has 1 aromatic heterocycles. The first-order chi connectivity index (χ1) is 15.5. The molecule has 8 nitrogen and oxygen atoms in total. The van der Waals surface area contributed by atoms with E-state index in [4.69, 9.17) is 11.6 Å². The number of halogens is 1. The minimum absolute atomic E-state index is 0.0157. The number of para-hydroxylation sites is 1. The summed E-state index contributed by atoms with van der Waals surface area (Å²) in [6.45, 7) is 5.44. The van der Waals surface area contributed by atoms with Crippen molar-refractivity contribution in [2.45, 2.75) is 38.1 Å². The van der Waals surface area contributed by atoms with Gasteiger partial charge in [0.15, 0.2) is 0 Å². The summed E-state index contributed by atoms with van der Waals surface area (Å²) >= 11 is 6.18. The summed E-state index contributed by atoms with van der Waals surface area (Å²) in [4.78, 5) is 25.7. The lowest BCUT2D eigenvalue weighted by molar-refractivity contribution is 0.0939. The molecule has 1 amide bonds. The molecule has 0 aliphatic carbocycles. The number of amides is 1. The molecule has 1 atom stereocenters. The van der Waals surface area contributed by atoms with Gasteiger partial charge in [0.25, 0.3) is 21.5 Å². The second kappa shape index (κ2) is 9.44. The normalized spacial score (nSPS) is 12.4. The van der Waals surface area contributed by atoms with Gasteiger partial charge in [-0.1, -0.05) is 36.7 Å². The van der Waals surface area contributed by atoms with Crippen LogP contribution in [0.3, 0.4) is 0 Å². The van der Waals surface area contributed by atoms with E-state index in [1.807, 2.05) is 19.9 Å². The van der Waals surface area contributed by atoms with Crippen molar-refractivity contribution in [2.24, 2.45) is 7.05 Å². The van der Waals surface area contributed by atoms with Gasteiger partial charge in [-0.05, 0) is 50.6 Å². The van der Waals surface area contributed by atoms with E-state index in [0.29, 0.717) is 17.8 Å². The SMILES string of the molecule is CC[C@H](C)NC(=O)c1cc(S(=O)(=O)N(C)c2c(C)n(C)n(-c3ccccc3)c2=O)ccc1Cl. The Morgan fingerprint density at radius 2 is 1.82 bits per heavy atom. The first kappa shape index (κ1) is 24.6. The number of carbonyl (C=O) groups excluding carboxylic acids is 1. The van der Waals surface area contributed by atoms with Gasteiger partial charge < -0.3 is 5.32 Å². The van der Waals surface area contributed by atoms with E-state index in [1.165, 1.54) is 29.9 Å². The molecular weight excluding hydrogens is 464 g/mol. The zero-order valence-corrected chi connectivity index (χ0v) is 20.7. The highest BCUT2D eigenvalue weighted by Crippen LogP contribution is 2.27. The third-order valence-corrected chi connectivity index (χ3v) is 7.75. The van der Waals surface area contributed by atoms with E-state index in [0.717, 1.165) is 4.31 Å². The Bertz CT molecular complexity index is 1350. The van der Waals surface area contributed by atoms with Gasteiger partial charge >= 0.3 is 0 Å². The summed E-state index contributed by atoms with van der Waals surface area (Å²) < 4.78 is 30.9. The maximum Gasteiger partial charge on any atom is 0.296 e. The number of hydrogen-bond acceptors (Lipinski definition) is 4. The van der Waals surface area contributed by atoms with Crippen LogP contribution in [-0.2, 0) is 17.1 Å². The third-order valence-electron chi connectivity index (χ3n) is 5.67. The predicted octanol–water partition coefficient (Wildman–Crippen LogP) is 3.49. The van der Waals surface area contributed by atoms with E-state index < -0.39 is 21.5 Å². The van der Waals surface area contributed by atoms with Crippen LogP contribution in [0, 0.1) is 6.92 Å². The van der Waals surface area contributed by atoms with Crippen LogP contribution >= 0.6 is 11.6 Å². The first-order valence-corrected chi connectivity index (χ1v) is 12.3. The van der Waals surface area contributed by atoms with Crippen molar-refractivity contribution in [2.75, 3.05) is 11.4 Å². The summed E-state index contributed by atoms with van der Waals surface area (Å²) in [5, 5.41) is 2.92. The van der Waals surface area contributed by atoms with Gasteiger partial charge in [0.05, 0.1) is 26.9 Å². The number of carbonyl (C=O) groups is 1. The van der Waals surface area contributed by atoms with E-state index >= 15 is 0 Å². The van der Waals surface area contributed by atoms with Crippen molar-refractivity contribution >= 4 is 33.2 Å². The van der Waals surface area contributed by atoms with Crippen molar-refractivity contribution < 1.29 is 13.2 Å². The average molecular weight is 491 g/mol. The minimum Gasteiger partial charge on any atom is -0.350 e. The fourth-order valence-corrected chi connectivity index (χ4v) is 4.91. The van der Waals surface area contributed by atoms with Crippen molar-refractivity contribution in [3.63, 3.8) is 0 Å². The standard InChI is InChI=1S/C23H27ClN4O4S/c1-6-15(2)25-22(29)19-14-18(12-13-20(19)24)33(31,32)27(5)21-16(3)26(4)28(23(21)30)17-10-8-7-9-11-17/h7-15H,6H2,1-5H3,(H,25,29)/t15-/m0/s1. The number of benzene rings is 2. The van der Waals surface area contributed by atoms with Gasteiger partial charge in [-0.25, -0.2) is 13.1 Å². The maximum absolute atomic E-state index is 13.5. The molecule has 3 aromatic rings. The monoisotopic (exact) mass is 490 g/mol. The molecule has 0 unspecified atom stereocenters. The lowest BCUT2D eigenvalue weighted by Crippen LogP contribution is -2.33. The number of nitrogens with zero attached hydrogens (tertiary/aromatic N) is 3. The van der Waals surface area contributed by atoms with Crippen molar-refractivity contribution in [3.05, 3.63) is 75.2 Å². The molecule has 0 spiro atoms. The van der Waals surface area contributed by atoms with Crippen molar-refractivity contribution in [1.29, 1.82) is 0 Å². The van der Waals surface area contributed by atoms with Gasteiger partial charge in [-0.15, -0.1) is 0 Å². The zero-order valence-electron chi connectivity index (χ0n) is 19.2. The molecule has 0 aliphatic rings. The molecule has 33 heavy (non-hydrogen) atoms.